The summed E-state index contributed by atoms with van der Waals surface area (Å²) in [5.74, 6) is -0.972. The number of carboxylic acids is 1. The van der Waals surface area contributed by atoms with Crippen LogP contribution in [0.15, 0.2) is 24.3 Å². The zero-order chi connectivity index (χ0) is 10.6. The van der Waals surface area contributed by atoms with Crippen molar-refractivity contribution < 1.29 is 9.90 Å². The number of benzene rings is 1. The summed E-state index contributed by atoms with van der Waals surface area (Å²) >= 11 is 5.72. The van der Waals surface area contributed by atoms with Crippen molar-refractivity contribution in [1.82, 2.24) is 0 Å². The van der Waals surface area contributed by atoms with E-state index in [1.807, 2.05) is 12.1 Å². The second-order valence-corrected chi connectivity index (χ2v) is 3.52. The number of hydrogen-bond donors (Lipinski definition) is 2. The van der Waals surface area contributed by atoms with Gasteiger partial charge in [-0.15, -0.1) is 0 Å². The Morgan fingerprint density at radius 1 is 1.40 bits per heavy atom. The minimum absolute atomic E-state index is 0. The van der Waals surface area contributed by atoms with E-state index in [0.29, 0.717) is 11.6 Å². The fraction of sp³-hybridized carbons (Fsp3) is 0.364. The first kappa shape index (κ1) is 13.9. The lowest BCUT2D eigenvalue weighted by Gasteiger charge is -2.12. The van der Waals surface area contributed by atoms with Gasteiger partial charge in [-0.25, -0.2) is 0 Å². The molecule has 1 aromatic carbocycles. The van der Waals surface area contributed by atoms with E-state index in [-0.39, 0.29) is 19.8 Å². The standard InChI is InChI=1S/C10H12ClNO2.CH4/c11-9-3-1-7(2-4-9)8(6-12)5-10(13)14;/h1-4,8H,5-6,12H2,(H,13,14);1H4/t8-;/m0./s1. The zero-order valence-corrected chi connectivity index (χ0v) is 8.37. The van der Waals surface area contributed by atoms with E-state index in [9.17, 15) is 4.79 Å². The largest absolute Gasteiger partial charge is 0.481 e. The molecule has 0 amide bonds. The van der Waals surface area contributed by atoms with Crippen LogP contribution in [0.2, 0.25) is 5.02 Å². The number of hydrogen-bond acceptors (Lipinski definition) is 2. The summed E-state index contributed by atoms with van der Waals surface area (Å²) in [4.78, 5) is 10.5. The van der Waals surface area contributed by atoms with Crippen molar-refractivity contribution in [1.29, 1.82) is 0 Å². The fourth-order valence-corrected chi connectivity index (χ4v) is 1.41. The quantitative estimate of drug-likeness (QED) is 0.834. The number of rotatable bonds is 4. The van der Waals surface area contributed by atoms with E-state index in [1.165, 1.54) is 0 Å². The first-order valence-electron chi connectivity index (χ1n) is 4.31. The van der Waals surface area contributed by atoms with Crippen LogP contribution in [0.4, 0.5) is 0 Å². The molecule has 0 bridgehead atoms. The topological polar surface area (TPSA) is 63.3 Å². The second-order valence-electron chi connectivity index (χ2n) is 3.08. The van der Waals surface area contributed by atoms with Crippen LogP contribution in [0.3, 0.4) is 0 Å². The van der Waals surface area contributed by atoms with Gasteiger partial charge in [0.1, 0.15) is 0 Å². The first-order chi connectivity index (χ1) is 6.63. The third-order valence-corrected chi connectivity index (χ3v) is 2.30. The van der Waals surface area contributed by atoms with Gasteiger partial charge in [0.15, 0.2) is 0 Å². The van der Waals surface area contributed by atoms with Crippen LogP contribution in [0, 0.1) is 0 Å². The Balaban J connectivity index is 0.00000196. The first-order valence-corrected chi connectivity index (χ1v) is 4.68. The summed E-state index contributed by atoms with van der Waals surface area (Å²) in [6.07, 6.45) is 0.0537. The lowest BCUT2D eigenvalue weighted by molar-refractivity contribution is -0.137. The van der Waals surface area contributed by atoms with Crippen LogP contribution in [0.5, 0.6) is 0 Å². The Bertz CT molecular complexity index is 311. The van der Waals surface area contributed by atoms with E-state index >= 15 is 0 Å². The molecule has 0 aromatic heterocycles. The van der Waals surface area contributed by atoms with Gasteiger partial charge >= 0.3 is 5.97 Å². The molecule has 3 N–H and O–H groups in total. The van der Waals surface area contributed by atoms with Gasteiger partial charge in [-0.1, -0.05) is 31.2 Å². The molecule has 0 fully saturated rings. The molecule has 0 aliphatic heterocycles. The maximum Gasteiger partial charge on any atom is 0.304 e. The van der Waals surface area contributed by atoms with E-state index < -0.39 is 5.97 Å². The van der Waals surface area contributed by atoms with Crippen molar-refractivity contribution in [3.8, 4) is 0 Å². The van der Waals surface area contributed by atoms with Crippen LogP contribution < -0.4 is 5.73 Å². The molecule has 0 saturated carbocycles. The Morgan fingerprint density at radius 3 is 2.33 bits per heavy atom. The number of aliphatic carboxylic acids is 1. The van der Waals surface area contributed by atoms with Gasteiger partial charge in [0.25, 0.3) is 0 Å². The summed E-state index contributed by atoms with van der Waals surface area (Å²) in [7, 11) is 0. The SMILES string of the molecule is C.NC[C@H](CC(=O)O)c1ccc(Cl)cc1. The number of nitrogens with two attached hydrogens (primary N) is 1. The second kappa shape index (κ2) is 6.43. The zero-order valence-electron chi connectivity index (χ0n) is 7.61. The molecule has 1 aromatic rings. The highest BCUT2D eigenvalue weighted by atomic mass is 35.5. The highest BCUT2D eigenvalue weighted by molar-refractivity contribution is 6.30. The average molecular weight is 230 g/mol. The minimum atomic E-state index is -0.838. The Labute approximate surface area is 94.9 Å². The molecule has 0 radical (unpaired) electrons. The predicted octanol–water partition coefficient (Wildman–Crippen LogP) is 2.49. The summed E-state index contributed by atoms with van der Waals surface area (Å²) < 4.78 is 0. The summed E-state index contributed by atoms with van der Waals surface area (Å²) in [6.45, 7) is 0.327. The van der Waals surface area contributed by atoms with Crippen molar-refractivity contribution >= 4 is 17.6 Å². The molecule has 0 unspecified atom stereocenters. The van der Waals surface area contributed by atoms with E-state index in [2.05, 4.69) is 0 Å². The number of carbonyl (C=O) groups is 1. The molecule has 0 heterocycles. The lowest BCUT2D eigenvalue weighted by atomic mass is 9.96. The molecule has 1 rings (SSSR count). The molecule has 0 aliphatic carbocycles. The smallest absolute Gasteiger partial charge is 0.304 e. The highest BCUT2D eigenvalue weighted by Gasteiger charge is 2.13. The molecule has 0 spiro atoms. The fourth-order valence-electron chi connectivity index (χ4n) is 1.28. The van der Waals surface area contributed by atoms with Gasteiger partial charge in [0, 0.05) is 10.9 Å². The maximum absolute atomic E-state index is 10.5. The molecule has 0 aliphatic rings. The van der Waals surface area contributed by atoms with Crippen LogP contribution in [0.25, 0.3) is 0 Å². The predicted molar refractivity (Wildman–Crippen MR) is 62.2 cm³/mol. The molecule has 0 saturated heterocycles. The molecule has 1 atom stereocenters. The van der Waals surface area contributed by atoms with Crippen molar-refractivity contribution in [3.05, 3.63) is 34.9 Å². The molecule has 4 heteroatoms. The average Bonchev–Trinajstić information content (AvgIpc) is 2.15. The van der Waals surface area contributed by atoms with Crippen LogP contribution >= 0.6 is 11.6 Å². The van der Waals surface area contributed by atoms with Gasteiger partial charge < -0.3 is 10.8 Å². The minimum Gasteiger partial charge on any atom is -0.481 e. The van der Waals surface area contributed by atoms with Crippen LogP contribution in [-0.2, 0) is 4.79 Å². The summed E-state index contributed by atoms with van der Waals surface area (Å²) in [6, 6.07) is 7.09. The number of halogens is 1. The molecular weight excluding hydrogens is 214 g/mol. The van der Waals surface area contributed by atoms with Crippen LogP contribution in [-0.4, -0.2) is 17.6 Å². The van der Waals surface area contributed by atoms with Gasteiger partial charge in [-0.05, 0) is 24.2 Å². The molecule has 84 valence electrons. The molecular formula is C11H16ClNO2. The van der Waals surface area contributed by atoms with E-state index in [1.54, 1.807) is 12.1 Å². The van der Waals surface area contributed by atoms with Crippen LogP contribution in [0.1, 0.15) is 25.3 Å². The molecule has 15 heavy (non-hydrogen) atoms. The third kappa shape index (κ3) is 4.32. The Kier molecular flexibility index (Phi) is 5.97. The van der Waals surface area contributed by atoms with E-state index in [0.717, 1.165) is 5.56 Å². The number of carboxylic acid groups (broad SMARTS) is 1. The van der Waals surface area contributed by atoms with Crippen molar-refractivity contribution in [3.63, 3.8) is 0 Å². The Hall–Kier alpha value is -1.06. The summed E-state index contributed by atoms with van der Waals surface area (Å²) in [5.41, 5.74) is 6.41. The van der Waals surface area contributed by atoms with Gasteiger partial charge in [0.05, 0.1) is 6.42 Å². The van der Waals surface area contributed by atoms with Gasteiger partial charge in [-0.3, -0.25) is 4.79 Å². The van der Waals surface area contributed by atoms with E-state index in [4.69, 9.17) is 22.4 Å². The lowest BCUT2D eigenvalue weighted by Crippen LogP contribution is -2.16. The van der Waals surface area contributed by atoms with Gasteiger partial charge in [-0.2, -0.15) is 0 Å². The molecule has 3 nitrogen and oxygen atoms in total. The monoisotopic (exact) mass is 229 g/mol. The normalized spacial score (nSPS) is 11.6. The summed E-state index contributed by atoms with van der Waals surface area (Å²) in [5, 5.41) is 9.29. The van der Waals surface area contributed by atoms with Crippen molar-refractivity contribution in [2.45, 2.75) is 19.8 Å². The Morgan fingerprint density at radius 2 is 1.93 bits per heavy atom. The van der Waals surface area contributed by atoms with Crippen molar-refractivity contribution in [2.24, 2.45) is 5.73 Å². The van der Waals surface area contributed by atoms with Crippen molar-refractivity contribution in [2.75, 3.05) is 6.54 Å². The maximum atomic E-state index is 10.5. The highest BCUT2D eigenvalue weighted by Crippen LogP contribution is 2.20. The third-order valence-electron chi connectivity index (χ3n) is 2.05. The van der Waals surface area contributed by atoms with Gasteiger partial charge in [0.2, 0.25) is 0 Å².